The van der Waals surface area contributed by atoms with Crippen molar-refractivity contribution >= 4 is 21.5 Å². The van der Waals surface area contributed by atoms with Gasteiger partial charge in [-0.05, 0) is 67.5 Å². The van der Waals surface area contributed by atoms with E-state index in [9.17, 15) is 18.3 Å². The lowest BCUT2D eigenvalue weighted by Gasteiger charge is -2.37. The van der Waals surface area contributed by atoms with E-state index < -0.39 is 22.2 Å². The van der Waals surface area contributed by atoms with Crippen molar-refractivity contribution in [2.75, 3.05) is 26.7 Å². The molecule has 2 aliphatic rings. The summed E-state index contributed by atoms with van der Waals surface area (Å²) < 4.78 is 35.2. The van der Waals surface area contributed by atoms with Crippen LogP contribution in [0, 0.1) is 5.92 Å². The van der Waals surface area contributed by atoms with E-state index in [-0.39, 0.29) is 36.3 Å². The van der Waals surface area contributed by atoms with Crippen LogP contribution in [0.3, 0.4) is 0 Å². The van der Waals surface area contributed by atoms with Gasteiger partial charge in [0.25, 0.3) is 0 Å². The highest BCUT2D eigenvalue weighted by molar-refractivity contribution is 7.89. The molecule has 0 saturated carbocycles. The van der Waals surface area contributed by atoms with E-state index in [0.29, 0.717) is 12.3 Å². The zero-order valence-electron chi connectivity index (χ0n) is 21.8. The number of aliphatic hydroxyl groups is 1. The van der Waals surface area contributed by atoms with Crippen molar-refractivity contribution in [1.29, 1.82) is 0 Å². The van der Waals surface area contributed by atoms with Crippen molar-refractivity contribution in [3.05, 3.63) is 59.9 Å². The van der Waals surface area contributed by atoms with E-state index in [0.717, 1.165) is 36.8 Å². The third-order valence-corrected chi connectivity index (χ3v) is 9.31. The highest BCUT2D eigenvalue weighted by Crippen LogP contribution is 2.37. The second-order valence-corrected chi connectivity index (χ2v) is 12.0. The van der Waals surface area contributed by atoms with E-state index in [4.69, 9.17) is 4.74 Å². The van der Waals surface area contributed by atoms with Gasteiger partial charge in [0, 0.05) is 37.9 Å². The number of allylic oxidation sites excluding steroid dienone is 2. The summed E-state index contributed by atoms with van der Waals surface area (Å²) in [6.45, 7) is 3.81. The molecular formula is C28H37N3O5S. The third-order valence-electron chi connectivity index (χ3n) is 7.29. The Hall–Kier alpha value is -2.75. The lowest BCUT2D eigenvalue weighted by atomic mass is 9.93. The molecule has 9 heteroatoms. The molecule has 0 saturated heterocycles. The van der Waals surface area contributed by atoms with Crippen LogP contribution in [0.1, 0.15) is 50.7 Å². The molecule has 0 bridgehead atoms. The van der Waals surface area contributed by atoms with Crippen LogP contribution in [0.15, 0.2) is 53.7 Å². The first-order valence-corrected chi connectivity index (χ1v) is 14.4. The van der Waals surface area contributed by atoms with E-state index in [1.807, 2.05) is 25.1 Å². The number of benzene rings is 1. The van der Waals surface area contributed by atoms with Crippen LogP contribution in [0.25, 0.3) is 5.57 Å². The normalized spacial score (nSPS) is 22.5. The molecule has 4 rings (SSSR count). The molecule has 2 heterocycles. The monoisotopic (exact) mass is 527 g/mol. The largest absolute Gasteiger partial charge is 0.487 e. The summed E-state index contributed by atoms with van der Waals surface area (Å²) in [5, 5.41) is 9.85. The maximum absolute atomic E-state index is 13.7. The van der Waals surface area contributed by atoms with Crippen LogP contribution < -0.4 is 4.74 Å². The molecule has 3 atom stereocenters. The van der Waals surface area contributed by atoms with Gasteiger partial charge in [-0.15, -0.1) is 0 Å². The first-order valence-electron chi connectivity index (χ1n) is 13.0. The second kappa shape index (κ2) is 11.8. The van der Waals surface area contributed by atoms with E-state index in [2.05, 4.69) is 11.1 Å². The zero-order valence-corrected chi connectivity index (χ0v) is 22.7. The van der Waals surface area contributed by atoms with Crippen LogP contribution in [0.4, 0.5) is 0 Å². The number of hydrogen-bond donors (Lipinski definition) is 1. The molecule has 1 aliphatic carbocycles. The van der Waals surface area contributed by atoms with Gasteiger partial charge in [0.15, 0.2) is 0 Å². The predicted octanol–water partition coefficient (Wildman–Crippen LogP) is 3.51. The Balaban J connectivity index is 1.67. The molecule has 2 aromatic rings. The molecule has 1 aliphatic heterocycles. The van der Waals surface area contributed by atoms with Crippen LogP contribution in [0.5, 0.6) is 5.75 Å². The van der Waals surface area contributed by atoms with Gasteiger partial charge in [-0.25, -0.2) is 8.42 Å². The number of ether oxygens (including phenoxy) is 1. The quantitative estimate of drug-likeness (QED) is 0.592. The number of rotatable bonds is 7. The third kappa shape index (κ3) is 6.22. The molecule has 200 valence electrons. The number of nitrogens with zero attached hydrogens (tertiary/aromatic N) is 3. The fraction of sp³-hybridized carbons (Fsp3) is 0.500. The number of sulfonamides is 1. The molecule has 37 heavy (non-hydrogen) atoms. The first-order chi connectivity index (χ1) is 17.7. The topological polar surface area (TPSA) is 100 Å². The summed E-state index contributed by atoms with van der Waals surface area (Å²) in [5.41, 5.74) is 2.99. The Morgan fingerprint density at radius 3 is 2.78 bits per heavy atom. The van der Waals surface area contributed by atoms with Gasteiger partial charge in [0.2, 0.25) is 15.9 Å². The number of pyridine rings is 1. The molecule has 0 spiro atoms. The number of carbonyl (C=O) groups excluding carboxylic acids is 1. The molecule has 1 aromatic carbocycles. The summed E-state index contributed by atoms with van der Waals surface area (Å²) in [4.78, 5) is 18.8. The van der Waals surface area contributed by atoms with Crippen LogP contribution in [0.2, 0.25) is 0 Å². The van der Waals surface area contributed by atoms with Crippen molar-refractivity contribution in [1.82, 2.24) is 14.2 Å². The number of aliphatic hydroxyl groups excluding tert-OH is 1. The summed E-state index contributed by atoms with van der Waals surface area (Å²) >= 11 is 0. The highest BCUT2D eigenvalue weighted by Gasteiger charge is 2.38. The Labute approximate surface area is 220 Å². The average molecular weight is 528 g/mol. The number of aromatic nitrogens is 1. The van der Waals surface area contributed by atoms with Crippen molar-refractivity contribution in [3.8, 4) is 5.75 Å². The summed E-state index contributed by atoms with van der Waals surface area (Å²) in [6.07, 6.45) is 9.57. The Kier molecular flexibility index (Phi) is 8.67. The number of fused-ring (bicyclic) bond motifs is 1. The SMILES string of the molecule is C[C@H](CO)N1C[C@H](C)[C@@H](CN(C)C(=O)Cc2cccnc2)Oc2cc(C3=CCCCC3)ccc2S1(=O)=O. The fourth-order valence-corrected chi connectivity index (χ4v) is 6.75. The smallest absolute Gasteiger partial charge is 0.247 e. The van der Waals surface area contributed by atoms with Gasteiger partial charge in [0.1, 0.15) is 16.7 Å². The zero-order chi connectivity index (χ0) is 26.6. The molecule has 1 aromatic heterocycles. The van der Waals surface area contributed by atoms with Gasteiger partial charge >= 0.3 is 0 Å². The standard InChI is InChI=1S/C28H37N3O5S/c1-20-17-31(21(2)19-32)37(34,35)27-12-11-24(23-9-5-4-6-10-23)15-25(27)36-26(20)18-30(3)28(33)14-22-8-7-13-29-16-22/h7-9,11-13,15-16,20-21,26,32H,4-6,10,14,17-19H2,1-3H3/t20-,21+,26+/m0/s1. The number of carbonyl (C=O) groups is 1. The molecule has 0 fully saturated rings. The number of amides is 1. The maximum Gasteiger partial charge on any atom is 0.247 e. The molecule has 0 radical (unpaired) electrons. The van der Waals surface area contributed by atoms with Crippen molar-refractivity contribution in [3.63, 3.8) is 0 Å². The molecule has 1 N–H and O–H groups in total. The van der Waals surface area contributed by atoms with E-state index in [1.54, 1.807) is 43.4 Å². The minimum absolute atomic E-state index is 0.0691. The van der Waals surface area contributed by atoms with Crippen molar-refractivity contribution in [2.45, 2.75) is 63.0 Å². The van der Waals surface area contributed by atoms with E-state index >= 15 is 0 Å². The molecule has 1 amide bonds. The van der Waals surface area contributed by atoms with Crippen LogP contribution in [-0.2, 0) is 21.2 Å². The highest BCUT2D eigenvalue weighted by atomic mass is 32.2. The summed E-state index contributed by atoms with van der Waals surface area (Å²) in [6, 6.07) is 8.37. The van der Waals surface area contributed by atoms with E-state index in [1.165, 1.54) is 9.88 Å². The van der Waals surface area contributed by atoms with Gasteiger partial charge < -0.3 is 14.7 Å². The average Bonchev–Trinajstić information content (AvgIpc) is 2.91. The minimum atomic E-state index is -3.90. The van der Waals surface area contributed by atoms with Crippen molar-refractivity contribution in [2.24, 2.45) is 5.92 Å². The summed E-state index contributed by atoms with van der Waals surface area (Å²) in [5.74, 6) is -0.00714. The Morgan fingerprint density at radius 2 is 2.11 bits per heavy atom. The van der Waals surface area contributed by atoms with Gasteiger partial charge in [-0.2, -0.15) is 4.31 Å². The first kappa shape index (κ1) is 27.3. The van der Waals surface area contributed by atoms with Crippen LogP contribution in [-0.4, -0.2) is 72.5 Å². The van der Waals surface area contributed by atoms with Crippen molar-refractivity contribution < 1.29 is 23.1 Å². The molecule has 8 nitrogen and oxygen atoms in total. The fourth-order valence-electron chi connectivity index (χ4n) is 4.93. The van der Waals surface area contributed by atoms with Gasteiger partial charge in [-0.1, -0.05) is 25.1 Å². The lowest BCUT2D eigenvalue weighted by Crippen LogP contribution is -2.50. The Bertz CT molecular complexity index is 1230. The molecule has 0 unspecified atom stereocenters. The van der Waals surface area contributed by atoms with Crippen LogP contribution >= 0.6 is 0 Å². The van der Waals surface area contributed by atoms with Gasteiger partial charge in [-0.3, -0.25) is 9.78 Å². The predicted molar refractivity (Wildman–Crippen MR) is 142 cm³/mol. The minimum Gasteiger partial charge on any atom is -0.487 e. The maximum atomic E-state index is 13.7. The Morgan fingerprint density at radius 1 is 1.30 bits per heavy atom. The summed E-state index contributed by atoms with van der Waals surface area (Å²) in [7, 11) is -2.16. The number of likely N-dealkylation sites (N-methyl/N-ethyl adjacent to an activating group) is 1. The number of hydrogen-bond acceptors (Lipinski definition) is 6. The van der Waals surface area contributed by atoms with Gasteiger partial charge in [0.05, 0.1) is 19.6 Å². The second-order valence-electron chi connectivity index (χ2n) is 10.2. The lowest BCUT2D eigenvalue weighted by molar-refractivity contribution is -0.130. The molecular weight excluding hydrogens is 490 g/mol.